The van der Waals surface area contributed by atoms with E-state index in [-0.39, 0.29) is 22.9 Å². The number of rotatable bonds is 3. The maximum atomic E-state index is 11.5. The van der Waals surface area contributed by atoms with Gasteiger partial charge in [-0.05, 0) is 61.7 Å². The van der Waals surface area contributed by atoms with E-state index in [9.17, 15) is 4.79 Å². The summed E-state index contributed by atoms with van der Waals surface area (Å²) in [6.07, 6.45) is 14.5. The Morgan fingerprint density at radius 2 is 1.82 bits per heavy atom. The Labute approximate surface area is 202 Å². The van der Waals surface area contributed by atoms with Crippen LogP contribution in [0.15, 0.2) is 58.7 Å². The van der Waals surface area contributed by atoms with Crippen molar-refractivity contribution in [2.45, 2.75) is 71.8 Å². The fourth-order valence-electron chi connectivity index (χ4n) is 8.00. The zero-order valence-electron chi connectivity index (χ0n) is 20.5. The molecular formula is C30H35NO3. The van der Waals surface area contributed by atoms with Crippen LogP contribution in [0.1, 0.15) is 71.6 Å². The lowest BCUT2D eigenvalue weighted by atomic mass is 9.47. The van der Waals surface area contributed by atoms with Gasteiger partial charge in [-0.1, -0.05) is 61.9 Å². The molecule has 4 aliphatic rings. The molecule has 0 bridgehead atoms. The zero-order valence-corrected chi connectivity index (χ0v) is 20.5. The highest BCUT2D eigenvalue weighted by atomic mass is 16.5. The second-order valence-corrected chi connectivity index (χ2v) is 11.4. The number of esters is 1. The van der Waals surface area contributed by atoms with E-state index in [1.807, 2.05) is 24.5 Å². The number of carbonyl (C=O) groups excluding carboxylic acids is 1. The molecule has 4 heteroatoms. The van der Waals surface area contributed by atoms with Crippen LogP contribution in [0, 0.1) is 28.6 Å². The molecule has 0 N–H and O–H groups in total. The highest BCUT2D eigenvalue weighted by Crippen LogP contribution is 2.66. The first-order valence-corrected chi connectivity index (χ1v) is 13.0. The molecule has 4 aliphatic carbocycles. The topological polar surface area (TPSA) is 52.3 Å². The molecule has 4 nitrogen and oxygen atoms in total. The van der Waals surface area contributed by atoms with Crippen LogP contribution in [-0.2, 0) is 9.53 Å². The van der Waals surface area contributed by atoms with E-state index in [0.29, 0.717) is 17.8 Å². The molecule has 1 aromatic heterocycles. The molecule has 34 heavy (non-hydrogen) atoms. The van der Waals surface area contributed by atoms with Crippen molar-refractivity contribution < 1.29 is 13.9 Å². The SMILES string of the molecule is CC(=O)O[C@H]1CC[C@@]2(C)C(=CC[C@@H]3[C@@H]2CC[C@]2(C)C(c4nc(-c5ccccc5)co4)=CC[C@@H]32)C1. The summed E-state index contributed by atoms with van der Waals surface area (Å²) in [5, 5.41) is 0. The van der Waals surface area contributed by atoms with Crippen molar-refractivity contribution in [3.63, 3.8) is 0 Å². The molecule has 2 saturated carbocycles. The molecule has 178 valence electrons. The Bertz CT molecular complexity index is 1160. The molecule has 0 unspecified atom stereocenters. The van der Waals surface area contributed by atoms with Crippen molar-refractivity contribution in [1.29, 1.82) is 0 Å². The van der Waals surface area contributed by atoms with E-state index in [1.54, 1.807) is 5.57 Å². The van der Waals surface area contributed by atoms with Crippen molar-refractivity contribution in [1.82, 2.24) is 4.98 Å². The Hall–Kier alpha value is -2.62. The number of carbonyl (C=O) groups is 1. The van der Waals surface area contributed by atoms with Crippen molar-refractivity contribution in [3.05, 3.63) is 60.2 Å². The minimum Gasteiger partial charge on any atom is -0.462 e. The van der Waals surface area contributed by atoms with Gasteiger partial charge in [-0.25, -0.2) is 4.98 Å². The highest BCUT2D eigenvalue weighted by Gasteiger charge is 2.57. The lowest BCUT2D eigenvalue weighted by molar-refractivity contribution is -0.148. The summed E-state index contributed by atoms with van der Waals surface area (Å²) < 4.78 is 11.7. The quantitative estimate of drug-likeness (QED) is 0.360. The molecule has 2 aromatic rings. The molecule has 0 aliphatic heterocycles. The Balaban J connectivity index is 1.25. The summed E-state index contributed by atoms with van der Waals surface area (Å²) in [7, 11) is 0. The van der Waals surface area contributed by atoms with Gasteiger partial charge in [0.1, 0.15) is 18.1 Å². The van der Waals surface area contributed by atoms with E-state index in [2.05, 4.69) is 38.1 Å². The average molecular weight is 458 g/mol. The fraction of sp³-hybridized carbons (Fsp3) is 0.533. The summed E-state index contributed by atoms with van der Waals surface area (Å²) in [6.45, 7) is 6.48. The average Bonchev–Trinajstić information content (AvgIpc) is 3.44. The van der Waals surface area contributed by atoms with Gasteiger partial charge in [0.05, 0.1) is 0 Å². The number of allylic oxidation sites excluding steroid dienone is 3. The number of hydrogen-bond acceptors (Lipinski definition) is 4. The standard InChI is InChI=1S/C30H35NO3/c1-19(32)34-22-13-15-29(2)21(17-22)9-10-23-24-11-12-26(30(24,3)16-14-25(23)29)28-31-27(18-33-28)20-7-5-4-6-8-20/h4-9,12,18,22-25H,10-11,13-17H2,1-3H3/t22-,23-,24-,25-,29-,30-/m0/s1. The van der Waals surface area contributed by atoms with E-state index in [4.69, 9.17) is 14.1 Å². The van der Waals surface area contributed by atoms with Gasteiger partial charge in [0.15, 0.2) is 0 Å². The minimum absolute atomic E-state index is 0.0609. The van der Waals surface area contributed by atoms with Gasteiger partial charge in [-0.2, -0.15) is 0 Å². The summed E-state index contributed by atoms with van der Waals surface area (Å²) in [6, 6.07) is 10.3. The van der Waals surface area contributed by atoms with Gasteiger partial charge >= 0.3 is 5.97 Å². The molecular weight excluding hydrogens is 422 g/mol. The normalized spacial score (nSPS) is 36.6. The molecule has 1 heterocycles. The van der Waals surface area contributed by atoms with Crippen molar-refractivity contribution in [2.75, 3.05) is 0 Å². The molecule has 1 aromatic carbocycles. The van der Waals surface area contributed by atoms with E-state index in [0.717, 1.165) is 49.3 Å². The molecule has 2 fully saturated rings. The Kier molecular flexibility index (Phi) is 5.13. The van der Waals surface area contributed by atoms with Gasteiger partial charge in [0.2, 0.25) is 5.89 Å². The molecule has 0 radical (unpaired) electrons. The first kappa shape index (κ1) is 21.9. The smallest absolute Gasteiger partial charge is 0.302 e. The maximum Gasteiger partial charge on any atom is 0.302 e. The second kappa shape index (κ2) is 7.96. The van der Waals surface area contributed by atoms with E-state index >= 15 is 0 Å². The van der Waals surface area contributed by atoms with Gasteiger partial charge in [0, 0.05) is 29.9 Å². The molecule has 0 spiro atoms. The van der Waals surface area contributed by atoms with Crippen molar-refractivity contribution >= 4 is 11.5 Å². The monoisotopic (exact) mass is 457 g/mol. The molecule has 6 rings (SSSR count). The number of nitrogens with zero attached hydrogens (tertiary/aromatic N) is 1. The maximum absolute atomic E-state index is 11.5. The van der Waals surface area contributed by atoms with Gasteiger partial charge in [0.25, 0.3) is 0 Å². The van der Waals surface area contributed by atoms with Gasteiger partial charge in [-0.3, -0.25) is 4.79 Å². The van der Waals surface area contributed by atoms with E-state index in [1.165, 1.54) is 25.3 Å². The number of hydrogen-bond donors (Lipinski definition) is 0. The largest absolute Gasteiger partial charge is 0.462 e. The van der Waals surface area contributed by atoms with Crippen LogP contribution in [0.2, 0.25) is 0 Å². The molecule has 0 amide bonds. The third-order valence-corrected chi connectivity index (χ3v) is 9.78. The third kappa shape index (κ3) is 3.32. The van der Waals surface area contributed by atoms with Crippen molar-refractivity contribution in [3.8, 4) is 11.3 Å². The zero-order chi connectivity index (χ0) is 23.5. The number of fused-ring (bicyclic) bond motifs is 5. The predicted molar refractivity (Wildman–Crippen MR) is 133 cm³/mol. The minimum atomic E-state index is -0.150. The predicted octanol–water partition coefficient (Wildman–Crippen LogP) is 7.23. The van der Waals surface area contributed by atoms with E-state index < -0.39 is 0 Å². The molecule has 6 atom stereocenters. The van der Waals surface area contributed by atoms with Crippen LogP contribution in [-0.4, -0.2) is 17.1 Å². The summed E-state index contributed by atoms with van der Waals surface area (Å²) in [5.74, 6) is 2.69. The number of oxazole rings is 1. The third-order valence-electron chi connectivity index (χ3n) is 9.78. The van der Waals surface area contributed by atoms with Gasteiger partial charge < -0.3 is 9.15 Å². The van der Waals surface area contributed by atoms with Crippen LogP contribution in [0.5, 0.6) is 0 Å². The Morgan fingerprint density at radius 3 is 2.62 bits per heavy atom. The van der Waals surface area contributed by atoms with Crippen molar-refractivity contribution in [2.24, 2.45) is 28.6 Å². The first-order valence-electron chi connectivity index (χ1n) is 13.0. The number of aromatic nitrogens is 1. The summed E-state index contributed by atoms with van der Waals surface area (Å²) in [5.41, 5.74) is 5.24. The van der Waals surface area contributed by atoms with Crippen LogP contribution >= 0.6 is 0 Å². The lowest BCUT2D eigenvalue weighted by Gasteiger charge is -2.57. The summed E-state index contributed by atoms with van der Waals surface area (Å²) >= 11 is 0. The first-order chi connectivity index (χ1) is 16.4. The van der Waals surface area contributed by atoms with Gasteiger partial charge in [-0.15, -0.1) is 0 Å². The molecule has 0 saturated heterocycles. The summed E-state index contributed by atoms with van der Waals surface area (Å²) in [4.78, 5) is 16.4. The fourth-order valence-corrected chi connectivity index (χ4v) is 8.00. The lowest BCUT2D eigenvalue weighted by Crippen LogP contribution is -2.50. The Morgan fingerprint density at radius 1 is 1.03 bits per heavy atom. The number of benzene rings is 1. The number of ether oxygens (including phenoxy) is 1. The highest BCUT2D eigenvalue weighted by molar-refractivity contribution is 5.70. The van der Waals surface area contributed by atoms with Crippen LogP contribution in [0.3, 0.4) is 0 Å². The van der Waals surface area contributed by atoms with Crippen LogP contribution < -0.4 is 0 Å². The van der Waals surface area contributed by atoms with Crippen LogP contribution in [0.4, 0.5) is 0 Å². The van der Waals surface area contributed by atoms with Crippen LogP contribution in [0.25, 0.3) is 16.8 Å². The second-order valence-electron chi connectivity index (χ2n) is 11.4.